The number of nitro groups is 1. The zero-order valence-corrected chi connectivity index (χ0v) is 16.2. The second-order valence-electron chi connectivity index (χ2n) is 6.67. The minimum absolute atomic E-state index is 0.00680. The highest BCUT2D eigenvalue weighted by atomic mass is 19.4. The van der Waals surface area contributed by atoms with Gasteiger partial charge in [0.15, 0.2) is 5.69 Å². The van der Waals surface area contributed by atoms with E-state index in [4.69, 9.17) is 0 Å². The first-order valence-corrected chi connectivity index (χ1v) is 8.82. The second kappa shape index (κ2) is 8.01. The fourth-order valence-corrected chi connectivity index (χ4v) is 2.85. The molecular weight excluding hydrogens is 417 g/mol. The zero-order chi connectivity index (χ0) is 22.9. The van der Waals surface area contributed by atoms with Crippen LogP contribution in [-0.2, 0) is 6.18 Å². The Morgan fingerprint density at radius 3 is 2.48 bits per heavy atom. The third-order valence-electron chi connectivity index (χ3n) is 4.40. The lowest BCUT2D eigenvalue weighted by atomic mass is 10.2. The average Bonchev–Trinajstić information content (AvgIpc) is 2.68. The van der Waals surface area contributed by atoms with E-state index in [1.165, 1.54) is 38.1 Å². The monoisotopic (exact) mass is 432 g/mol. The van der Waals surface area contributed by atoms with Crippen LogP contribution in [0.2, 0.25) is 0 Å². The van der Waals surface area contributed by atoms with Gasteiger partial charge >= 0.3 is 6.18 Å². The normalized spacial score (nSPS) is 11.3. The number of anilines is 1. The maximum atomic E-state index is 13.0. The van der Waals surface area contributed by atoms with Crippen LogP contribution < -0.4 is 10.7 Å². The van der Waals surface area contributed by atoms with Crippen LogP contribution in [0.3, 0.4) is 0 Å². The van der Waals surface area contributed by atoms with E-state index in [9.17, 15) is 32.9 Å². The molecule has 0 saturated carbocycles. The summed E-state index contributed by atoms with van der Waals surface area (Å²) in [7, 11) is 0. The van der Waals surface area contributed by atoms with E-state index in [2.05, 4.69) is 10.4 Å². The molecule has 1 heterocycles. The third-order valence-corrected chi connectivity index (χ3v) is 4.40. The molecule has 0 saturated heterocycles. The van der Waals surface area contributed by atoms with Crippen molar-refractivity contribution in [3.05, 3.63) is 91.4 Å². The van der Waals surface area contributed by atoms with Crippen molar-refractivity contribution in [2.45, 2.75) is 20.0 Å². The Morgan fingerprint density at radius 1 is 1.13 bits per heavy atom. The molecule has 0 atom stereocenters. The molecule has 11 heteroatoms. The number of alkyl halides is 3. The van der Waals surface area contributed by atoms with Crippen molar-refractivity contribution in [1.29, 1.82) is 0 Å². The van der Waals surface area contributed by atoms with Gasteiger partial charge < -0.3 is 5.32 Å². The number of hydrogen-bond donors (Lipinski definition) is 1. The van der Waals surface area contributed by atoms with Gasteiger partial charge in [0.05, 0.1) is 16.2 Å². The number of carbonyl (C=O) groups is 1. The quantitative estimate of drug-likeness (QED) is 0.495. The first-order chi connectivity index (χ1) is 14.5. The van der Waals surface area contributed by atoms with Crippen LogP contribution in [0.5, 0.6) is 0 Å². The Balaban J connectivity index is 2.00. The molecule has 8 nitrogen and oxygen atoms in total. The van der Waals surface area contributed by atoms with E-state index in [1.807, 2.05) is 0 Å². The molecule has 0 aliphatic heterocycles. The van der Waals surface area contributed by atoms with Crippen molar-refractivity contribution in [3.63, 3.8) is 0 Å². The largest absolute Gasteiger partial charge is 0.416 e. The van der Waals surface area contributed by atoms with Crippen LogP contribution in [-0.4, -0.2) is 20.6 Å². The molecule has 31 heavy (non-hydrogen) atoms. The van der Waals surface area contributed by atoms with Crippen LogP contribution in [0.1, 0.15) is 27.3 Å². The van der Waals surface area contributed by atoms with Gasteiger partial charge in [0.25, 0.3) is 11.6 Å². The van der Waals surface area contributed by atoms with Crippen LogP contribution in [0, 0.1) is 24.0 Å². The SMILES string of the molecule is Cc1ccc(NC(=O)c2nn(-c3cccc(C(F)(F)F)c3)c(C)cc2=O)cc1[N+](=O)[O-]. The fraction of sp³-hybridized carbons (Fsp3) is 0.150. The molecule has 0 radical (unpaired) electrons. The van der Waals surface area contributed by atoms with Crippen LogP contribution in [0.15, 0.2) is 53.3 Å². The number of aryl methyl sites for hydroxylation is 2. The summed E-state index contributed by atoms with van der Waals surface area (Å²) in [4.78, 5) is 35.3. The van der Waals surface area contributed by atoms with E-state index in [0.29, 0.717) is 5.56 Å². The Hall–Kier alpha value is -4.02. The first-order valence-electron chi connectivity index (χ1n) is 8.82. The predicted octanol–water partition coefficient (Wildman–Crippen LogP) is 4.03. The smallest absolute Gasteiger partial charge is 0.320 e. The number of halogens is 3. The van der Waals surface area contributed by atoms with Gasteiger partial charge in [-0.15, -0.1) is 0 Å². The zero-order valence-electron chi connectivity index (χ0n) is 16.2. The maximum absolute atomic E-state index is 13.0. The van der Waals surface area contributed by atoms with Gasteiger partial charge in [-0.1, -0.05) is 12.1 Å². The number of nitrogens with one attached hydrogen (secondary N) is 1. The molecule has 0 aliphatic rings. The van der Waals surface area contributed by atoms with E-state index in [-0.39, 0.29) is 22.8 Å². The molecule has 0 bridgehead atoms. The molecule has 2 aromatic carbocycles. The van der Waals surface area contributed by atoms with E-state index < -0.39 is 33.7 Å². The summed E-state index contributed by atoms with van der Waals surface area (Å²) < 4.78 is 40.1. The summed E-state index contributed by atoms with van der Waals surface area (Å²) in [6.45, 7) is 2.98. The van der Waals surface area contributed by atoms with Crippen molar-refractivity contribution in [2.75, 3.05) is 5.32 Å². The molecule has 3 aromatic rings. The molecule has 0 fully saturated rings. The number of amides is 1. The lowest BCUT2D eigenvalue weighted by Gasteiger charge is -2.13. The van der Waals surface area contributed by atoms with Crippen molar-refractivity contribution < 1.29 is 22.9 Å². The Kier molecular flexibility index (Phi) is 5.60. The average molecular weight is 432 g/mol. The topological polar surface area (TPSA) is 107 Å². The van der Waals surface area contributed by atoms with E-state index >= 15 is 0 Å². The lowest BCUT2D eigenvalue weighted by Crippen LogP contribution is -2.27. The minimum Gasteiger partial charge on any atom is -0.320 e. The molecule has 1 N–H and O–H groups in total. The number of aromatic nitrogens is 2. The molecule has 1 amide bonds. The van der Waals surface area contributed by atoms with Crippen molar-refractivity contribution in [2.24, 2.45) is 0 Å². The van der Waals surface area contributed by atoms with Gasteiger partial charge in [-0.05, 0) is 38.1 Å². The molecule has 0 unspecified atom stereocenters. The number of nitrogens with zero attached hydrogens (tertiary/aromatic N) is 3. The number of carbonyl (C=O) groups excluding carboxylic acids is 1. The number of rotatable bonds is 4. The Morgan fingerprint density at radius 2 is 1.84 bits per heavy atom. The highest BCUT2D eigenvalue weighted by molar-refractivity contribution is 6.02. The molecule has 3 rings (SSSR count). The van der Waals surface area contributed by atoms with Crippen molar-refractivity contribution in [1.82, 2.24) is 9.78 Å². The maximum Gasteiger partial charge on any atom is 0.416 e. The van der Waals surface area contributed by atoms with Gasteiger partial charge in [-0.2, -0.15) is 18.3 Å². The van der Waals surface area contributed by atoms with Gasteiger partial charge in [0.1, 0.15) is 0 Å². The molecule has 160 valence electrons. The highest BCUT2D eigenvalue weighted by Crippen LogP contribution is 2.30. The van der Waals surface area contributed by atoms with Gasteiger partial charge in [-0.3, -0.25) is 19.7 Å². The summed E-state index contributed by atoms with van der Waals surface area (Å²) in [5.41, 5.74) is -1.80. The molecule has 0 spiro atoms. The number of hydrogen-bond acceptors (Lipinski definition) is 5. The first kappa shape index (κ1) is 21.7. The summed E-state index contributed by atoms with van der Waals surface area (Å²) in [5.74, 6) is -0.955. The van der Waals surface area contributed by atoms with Gasteiger partial charge in [0.2, 0.25) is 5.43 Å². The summed E-state index contributed by atoms with van der Waals surface area (Å²) in [6, 6.07) is 9.31. The predicted molar refractivity (Wildman–Crippen MR) is 105 cm³/mol. The summed E-state index contributed by atoms with van der Waals surface area (Å²) in [6.07, 6.45) is -4.58. The number of nitro benzene ring substituents is 1. The third kappa shape index (κ3) is 4.60. The summed E-state index contributed by atoms with van der Waals surface area (Å²) >= 11 is 0. The molecule has 1 aromatic heterocycles. The van der Waals surface area contributed by atoms with Crippen LogP contribution >= 0.6 is 0 Å². The lowest BCUT2D eigenvalue weighted by molar-refractivity contribution is -0.385. The van der Waals surface area contributed by atoms with Crippen LogP contribution in [0.25, 0.3) is 5.69 Å². The Labute approximate surface area is 173 Å². The molecule has 0 aliphatic carbocycles. The molecular formula is C20H15F3N4O4. The van der Waals surface area contributed by atoms with E-state index in [0.717, 1.165) is 28.9 Å². The number of benzene rings is 2. The Bertz CT molecular complexity index is 1250. The van der Waals surface area contributed by atoms with Gasteiger partial charge in [0, 0.05) is 29.1 Å². The van der Waals surface area contributed by atoms with Crippen molar-refractivity contribution >= 4 is 17.3 Å². The fourth-order valence-electron chi connectivity index (χ4n) is 2.85. The van der Waals surface area contributed by atoms with Crippen LogP contribution in [0.4, 0.5) is 24.5 Å². The van der Waals surface area contributed by atoms with Gasteiger partial charge in [-0.25, -0.2) is 4.68 Å². The second-order valence-corrected chi connectivity index (χ2v) is 6.67. The minimum atomic E-state index is -4.58. The standard InChI is InChI=1S/C20H15F3N4O4/c1-11-6-7-14(10-16(11)27(30)31)24-19(29)18-17(28)8-12(2)26(25-18)15-5-3-4-13(9-15)20(21,22)23/h3-10H,1-2H3,(H,24,29). The summed E-state index contributed by atoms with van der Waals surface area (Å²) in [5, 5.41) is 17.4. The van der Waals surface area contributed by atoms with Crippen molar-refractivity contribution in [3.8, 4) is 5.69 Å². The van der Waals surface area contributed by atoms with E-state index in [1.54, 1.807) is 0 Å². The highest BCUT2D eigenvalue weighted by Gasteiger charge is 2.30.